The highest BCUT2D eigenvalue weighted by atomic mass is 16.7. The van der Waals surface area contributed by atoms with Gasteiger partial charge in [0.1, 0.15) is 0 Å². The Hall–Kier alpha value is -3.44. The summed E-state index contributed by atoms with van der Waals surface area (Å²) in [7, 11) is 0. The second-order valence-corrected chi connectivity index (χ2v) is 11.1. The number of aromatic nitrogens is 4. The number of hydrogen-bond donors (Lipinski definition) is 4. The molecule has 1 amide bonds. The maximum atomic E-state index is 12.3. The Balaban J connectivity index is 1.13. The van der Waals surface area contributed by atoms with Crippen LogP contribution in [0.4, 0.5) is 22.2 Å². The van der Waals surface area contributed by atoms with E-state index in [2.05, 4.69) is 20.5 Å². The van der Waals surface area contributed by atoms with Gasteiger partial charge in [0, 0.05) is 42.9 Å². The van der Waals surface area contributed by atoms with Crippen LogP contribution < -0.4 is 21.7 Å². The van der Waals surface area contributed by atoms with Crippen LogP contribution >= 0.6 is 0 Å². The van der Waals surface area contributed by atoms with Gasteiger partial charge in [-0.1, -0.05) is 31.0 Å². The van der Waals surface area contributed by atoms with Gasteiger partial charge in [-0.3, -0.25) is 5.32 Å². The van der Waals surface area contributed by atoms with E-state index in [0.29, 0.717) is 42.9 Å². The van der Waals surface area contributed by atoms with Crippen LogP contribution in [0, 0.1) is 0 Å². The highest BCUT2D eigenvalue weighted by Gasteiger charge is 2.27. The third-order valence-corrected chi connectivity index (χ3v) is 8.27. The van der Waals surface area contributed by atoms with E-state index in [1.807, 2.05) is 36.7 Å². The standard InChI is InChI=1S/C28H39N9O2/c29-19-10-12-21(13-11-19)32-27-34-25(24-26(35-27)37(18-30-24)23-8-4-5-9-23)31-22-14-16-36(17-15-22)39-28(38)33-20-6-2-1-3-7-20/h1-3,6-7,18-19,21-23H,4-5,8-17,29H2,(H,33,38)(H2,31,32,34,35)/t19-,21-. The zero-order valence-electron chi connectivity index (χ0n) is 22.4. The Morgan fingerprint density at radius 2 is 1.62 bits per heavy atom. The van der Waals surface area contributed by atoms with Gasteiger partial charge >= 0.3 is 6.09 Å². The van der Waals surface area contributed by atoms with Crippen molar-refractivity contribution >= 4 is 34.7 Å². The molecular formula is C28H39N9O2. The van der Waals surface area contributed by atoms with E-state index in [1.165, 1.54) is 12.8 Å². The van der Waals surface area contributed by atoms with Crippen LogP contribution in [0.2, 0.25) is 0 Å². The fourth-order valence-corrected chi connectivity index (χ4v) is 6.04. The lowest BCUT2D eigenvalue weighted by Gasteiger charge is -2.31. The topological polar surface area (TPSA) is 135 Å². The second-order valence-electron chi connectivity index (χ2n) is 11.1. The first-order chi connectivity index (χ1) is 19.1. The van der Waals surface area contributed by atoms with Gasteiger partial charge in [-0.05, 0) is 63.5 Å². The highest BCUT2D eigenvalue weighted by Crippen LogP contribution is 2.34. The second kappa shape index (κ2) is 11.7. The van der Waals surface area contributed by atoms with Crippen molar-refractivity contribution in [3.63, 3.8) is 0 Å². The zero-order chi connectivity index (χ0) is 26.6. The van der Waals surface area contributed by atoms with Crippen molar-refractivity contribution in [2.24, 2.45) is 5.73 Å². The van der Waals surface area contributed by atoms with Crippen LogP contribution in [0.25, 0.3) is 11.2 Å². The molecule has 5 N–H and O–H groups in total. The molecule has 2 saturated carbocycles. The molecule has 0 spiro atoms. The molecule has 6 rings (SSSR count). The van der Waals surface area contributed by atoms with Gasteiger partial charge in [0.15, 0.2) is 17.0 Å². The minimum atomic E-state index is -0.470. The summed E-state index contributed by atoms with van der Waals surface area (Å²) >= 11 is 0. The van der Waals surface area contributed by atoms with Gasteiger partial charge < -0.3 is 25.8 Å². The number of anilines is 3. The van der Waals surface area contributed by atoms with E-state index in [9.17, 15) is 4.79 Å². The summed E-state index contributed by atoms with van der Waals surface area (Å²) < 4.78 is 2.25. The van der Waals surface area contributed by atoms with Gasteiger partial charge in [0.2, 0.25) is 5.95 Å². The van der Waals surface area contributed by atoms with E-state index in [-0.39, 0.29) is 6.04 Å². The lowest BCUT2D eigenvalue weighted by atomic mass is 9.92. The van der Waals surface area contributed by atoms with E-state index in [4.69, 9.17) is 25.5 Å². The van der Waals surface area contributed by atoms with Crippen molar-refractivity contribution in [1.29, 1.82) is 0 Å². The molecule has 3 aromatic rings. The Labute approximate surface area is 228 Å². The monoisotopic (exact) mass is 533 g/mol. The Kier molecular flexibility index (Phi) is 7.78. The molecule has 3 aliphatic rings. The average Bonchev–Trinajstić information content (AvgIpc) is 3.62. The number of fused-ring (bicyclic) bond motifs is 1. The quantitative estimate of drug-likeness (QED) is 0.342. The number of nitrogens with zero attached hydrogens (tertiary/aromatic N) is 5. The summed E-state index contributed by atoms with van der Waals surface area (Å²) in [4.78, 5) is 32.5. The first-order valence-electron chi connectivity index (χ1n) is 14.4. The lowest BCUT2D eigenvalue weighted by Crippen LogP contribution is -2.41. The van der Waals surface area contributed by atoms with E-state index >= 15 is 0 Å². The molecule has 2 aromatic heterocycles. The third-order valence-electron chi connectivity index (χ3n) is 8.27. The zero-order valence-corrected chi connectivity index (χ0v) is 22.4. The molecule has 0 unspecified atom stereocenters. The Bertz CT molecular complexity index is 1240. The SMILES string of the molecule is N[C@H]1CC[C@H](Nc2nc(NC3CCN(OC(=O)Nc4ccccc4)CC3)c3ncn(C4CCCC4)c3n2)CC1. The van der Waals surface area contributed by atoms with Crippen molar-refractivity contribution in [2.45, 2.75) is 88.4 Å². The molecule has 208 valence electrons. The van der Waals surface area contributed by atoms with Crippen molar-refractivity contribution in [2.75, 3.05) is 29.0 Å². The van der Waals surface area contributed by atoms with Gasteiger partial charge in [-0.15, -0.1) is 5.06 Å². The van der Waals surface area contributed by atoms with Crippen LogP contribution in [0.5, 0.6) is 0 Å². The number of rotatable bonds is 7. The molecule has 3 heterocycles. The molecule has 0 atom stereocenters. The van der Waals surface area contributed by atoms with Crippen molar-refractivity contribution in [3.05, 3.63) is 36.7 Å². The summed E-state index contributed by atoms with van der Waals surface area (Å²) in [5.74, 6) is 1.43. The number of nitrogens with two attached hydrogens (primary N) is 1. The average molecular weight is 534 g/mol. The minimum absolute atomic E-state index is 0.192. The molecule has 11 heteroatoms. The number of benzene rings is 1. The first-order valence-corrected chi connectivity index (χ1v) is 14.4. The summed E-state index contributed by atoms with van der Waals surface area (Å²) in [6.07, 6.45) is 12.0. The molecular weight excluding hydrogens is 494 g/mol. The molecule has 2 aliphatic carbocycles. The van der Waals surface area contributed by atoms with E-state index in [0.717, 1.165) is 68.3 Å². The maximum absolute atomic E-state index is 12.3. The summed E-state index contributed by atoms with van der Waals surface area (Å²) in [5.41, 5.74) is 8.55. The highest BCUT2D eigenvalue weighted by molar-refractivity contribution is 5.85. The first kappa shape index (κ1) is 25.8. The van der Waals surface area contributed by atoms with Crippen molar-refractivity contribution in [3.8, 4) is 0 Å². The summed E-state index contributed by atoms with van der Waals surface area (Å²) in [6.45, 7) is 1.27. The lowest BCUT2D eigenvalue weighted by molar-refractivity contribution is -0.106. The number of imidazole rings is 1. The fourth-order valence-electron chi connectivity index (χ4n) is 6.04. The third kappa shape index (κ3) is 6.25. The molecule has 11 nitrogen and oxygen atoms in total. The normalized spacial score (nSPS) is 23.1. The molecule has 1 saturated heterocycles. The smallest absolute Gasteiger partial charge is 0.365 e. The number of amides is 1. The molecule has 0 radical (unpaired) electrons. The van der Waals surface area contributed by atoms with Crippen LogP contribution in [-0.2, 0) is 4.84 Å². The maximum Gasteiger partial charge on any atom is 0.430 e. The van der Waals surface area contributed by atoms with E-state index < -0.39 is 6.09 Å². The van der Waals surface area contributed by atoms with Crippen molar-refractivity contribution < 1.29 is 9.63 Å². The van der Waals surface area contributed by atoms with Gasteiger partial charge in [-0.2, -0.15) is 9.97 Å². The van der Waals surface area contributed by atoms with E-state index in [1.54, 1.807) is 5.06 Å². The number of carbonyl (C=O) groups excluding carboxylic acids is 1. The summed E-state index contributed by atoms with van der Waals surface area (Å²) in [5, 5.41) is 11.7. The fraction of sp³-hybridized carbons (Fsp3) is 0.571. The Morgan fingerprint density at radius 3 is 2.36 bits per heavy atom. The molecule has 39 heavy (non-hydrogen) atoms. The largest absolute Gasteiger partial charge is 0.430 e. The Morgan fingerprint density at radius 1 is 0.897 bits per heavy atom. The number of carbonyl (C=O) groups is 1. The van der Waals surface area contributed by atoms with Crippen LogP contribution in [0.1, 0.15) is 70.3 Å². The van der Waals surface area contributed by atoms with Gasteiger partial charge in [0.05, 0.1) is 6.33 Å². The molecule has 3 fully saturated rings. The molecule has 1 aromatic carbocycles. The minimum Gasteiger partial charge on any atom is -0.365 e. The number of piperidine rings is 1. The van der Waals surface area contributed by atoms with Crippen LogP contribution in [0.3, 0.4) is 0 Å². The number of hydrogen-bond acceptors (Lipinski definition) is 9. The number of hydroxylamine groups is 2. The predicted molar refractivity (Wildman–Crippen MR) is 151 cm³/mol. The van der Waals surface area contributed by atoms with Gasteiger partial charge in [-0.25, -0.2) is 9.78 Å². The van der Waals surface area contributed by atoms with Crippen LogP contribution in [0.15, 0.2) is 36.7 Å². The summed E-state index contributed by atoms with van der Waals surface area (Å²) in [6, 6.07) is 10.6. The van der Waals surface area contributed by atoms with Gasteiger partial charge in [0.25, 0.3) is 0 Å². The van der Waals surface area contributed by atoms with Crippen LogP contribution in [-0.4, -0.2) is 61.9 Å². The van der Waals surface area contributed by atoms with Crippen molar-refractivity contribution in [1.82, 2.24) is 24.6 Å². The number of para-hydroxylation sites is 1. The predicted octanol–water partition coefficient (Wildman–Crippen LogP) is 4.66. The molecule has 0 bridgehead atoms. The molecule has 1 aliphatic heterocycles. The number of nitrogens with one attached hydrogen (secondary N) is 3.